The van der Waals surface area contributed by atoms with Crippen molar-refractivity contribution in [3.8, 4) is 5.75 Å². The number of alkyl halides is 5. The maximum Gasteiger partial charge on any atom is 0.422 e. The molecule has 1 saturated heterocycles. The molecule has 11 heteroatoms. The monoisotopic (exact) mass is 393 g/mol. The summed E-state index contributed by atoms with van der Waals surface area (Å²) >= 11 is 0. The zero-order valence-electron chi connectivity index (χ0n) is 13.9. The Bertz CT molecular complexity index is 749. The number of halogens is 5. The van der Waals surface area contributed by atoms with Crippen LogP contribution in [0.2, 0.25) is 0 Å². The summed E-state index contributed by atoms with van der Waals surface area (Å²) in [5.41, 5.74) is 0.119. The van der Waals surface area contributed by atoms with Crippen LogP contribution in [0.4, 0.5) is 22.0 Å². The number of imide groups is 1. The molecule has 0 spiro atoms. The molecule has 3 rings (SSSR count). The van der Waals surface area contributed by atoms with Gasteiger partial charge in [-0.3, -0.25) is 25.2 Å². The standard InChI is InChI=1S/C16H16F5N3O3/c17-15(18)4-11(23-6-15)14(26)24-13(25)10-3-12(27-7-16(19,20)21)9(5-22-10)8-1-2-8/h3,5,8,11,23H,1-2,4,6-7H2,(H,24,25,26)/t11-/m0/s1. The van der Waals surface area contributed by atoms with Crippen LogP contribution in [0, 0.1) is 0 Å². The van der Waals surface area contributed by atoms with E-state index in [2.05, 4.69) is 10.3 Å². The van der Waals surface area contributed by atoms with Crippen molar-refractivity contribution in [1.29, 1.82) is 0 Å². The Labute approximate surface area is 150 Å². The van der Waals surface area contributed by atoms with Crippen LogP contribution in [-0.4, -0.2) is 48.1 Å². The number of amides is 2. The molecule has 0 unspecified atom stereocenters. The fourth-order valence-electron chi connectivity index (χ4n) is 2.72. The van der Waals surface area contributed by atoms with Gasteiger partial charge in [-0.15, -0.1) is 0 Å². The van der Waals surface area contributed by atoms with Gasteiger partial charge in [0.1, 0.15) is 11.4 Å². The first-order chi connectivity index (χ1) is 12.5. The molecule has 0 bridgehead atoms. The van der Waals surface area contributed by atoms with Gasteiger partial charge >= 0.3 is 6.18 Å². The first-order valence-electron chi connectivity index (χ1n) is 8.20. The summed E-state index contributed by atoms with van der Waals surface area (Å²) in [5, 5.41) is 4.23. The number of nitrogens with zero attached hydrogens (tertiary/aromatic N) is 1. The van der Waals surface area contributed by atoms with Crippen LogP contribution in [0.25, 0.3) is 0 Å². The smallest absolute Gasteiger partial charge is 0.422 e. The Morgan fingerprint density at radius 3 is 2.59 bits per heavy atom. The molecule has 27 heavy (non-hydrogen) atoms. The van der Waals surface area contributed by atoms with Crippen molar-refractivity contribution in [1.82, 2.24) is 15.6 Å². The normalized spacial score (nSPS) is 21.7. The summed E-state index contributed by atoms with van der Waals surface area (Å²) in [7, 11) is 0. The van der Waals surface area contributed by atoms with Gasteiger partial charge in [-0.2, -0.15) is 13.2 Å². The molecule has 1 aliphatic carbocycles. The number of ether oxygens (including phenoxy) is 1. The van der Waals surface area contributed by atoms with Crippen LogP contribution >= 0.6 is 0 Å². The maximum atomic E-state index is 13.1. The molecule has 2 amide bonds. The van der Waals surface area contributed by atoms with E-state index in [1.54, 1.807) is 0 Å². The Morgan fingerprint density at radius 1 is 1.33 bits per heavy atom. The molecule has 2 heterocycles. The van der Waals surface area contributed by atoms with Gasteiger partial charge in [0.15, 0.2) is 6.61 Å². The molecule has 1 aromatic heterocycles. The van der Waals surface area contributed by atoms with E-state index in [9.17, 15) is 31.5 Å². The van der Waals surface area contributed by atoms with Crippen molar-refractivity contribution in [2.45, 2.75) is 43.3 Å². The van der Waals surface area contributed by atoms with Gasteiger partial charge in [0.25, 0.3) is 11.8 Å². The van der Waals surface area contributed by atoms with Gasteiger partial charge in [0.2, 0.25) is 5.91 Å². The highest BCUT2D eigenvalue weighted by Crippen LogP contribution is 2.44. The van der Waals surface area contributed by atoms with E-state index in [0.717, 1.165) is 18.9 Å². The third kappa shape index (κ3) is 5.12. The molecule has 1 aromatic rings. The van der Waals surface area contributed by atoms with Gasteiger partial charge in [0, 0.05) is 24.2 Å². The minimum absolute atomic E-state index is 0.0180. The van der Waals surface area contributed by atoms with Gasteiger partial charge in [-0.05, 0) is 18.8 Å². The Balaban J connectivity index is 1.70. The van der Waals surface area contributed by atoms with Crippen molar-refractivity contribution in [3.63, 3.8) is 0 Å². The summed E-state index contributed by atoms with van der Waals surface area (Å²) in [6.07, 6.45) is -2.52. The Kier molecular flexibility index (Phi) is 5.06. The molecule has 0 aromatic carbocycles. The second-order valence-electron chi connectivity index (χ2n) is 6.60. The first kappa shape index (κ1) is 19.5. The highest BCUT2D eigenvalue weighted by Gasteiger charge is 2.42. The van der Waals surface area contributed by atoms with Gasteiger partial charge in [-0.1, -0.05) is 0 Å². The Hall–Kier alpha value is -2.30. The minimum atomic E-state index is -4.55. The molecule has 2 N–H and O–H groups in total. The van der Waals surface area contributed by atoms with Crippen molar-refractivity contribution >= 4 is 11.8 Å². The van der Waals surface area contributed by atoms with Crippen LogP contribution in [0.3, 0.4) is 0 Å². The molecule has 1 saturated carbocycles. The lowest BCUT2D eigenvalue weighted by molar-refractivity contribution is -0.153. The zero-order chi connectivity index (χ0) is 19.8. The van der Waals surface area contributed by atoms with Crippen molar-refractivity contribution in [2.75, 3.05) is 13.2 Å². The topological polar surface area (TPSA) is 80.3 Å². The number of rotatable bonds is 5. The number of carbonyl (C=O) groups excluding carboxylic acids is 2. The minimum Gasteiger partial charge on any atom is -0.484 e. The predicted octanol–water partition coefficient (Wildman–Crippen LogP) is 2.15. The zero-order valence-corrected chi connectivity index (χ0v) is 13.9. The number of hydrogen-bond donors (Lipinski definition) is 2. The van der Waals surface area contributed by atoms with E-state index in [0.29, 0.717) is 5.56 Å². The average molecular weight is 393 g/mol. The maximum absolute atomic E-state index is 13.1. The summed E-state index contributed by atoms with van der Waals surface area (Å²) in [6.45, 7) is -2.21. The SMILES string of the molecule is O=C(NC(=O)[C@@H]1CC(F)(F)CN1)c1cc(OCC(F)(F)F)c(C2CC2)cn1. The second-order valence-corrected chi connectivity index (χ2v) is 6.60. The van der Waals surface area contributed by atoms with Gasteiger partial charge in [-0.25, -0.2) is 8.78 Å². The summed E-state index contributed by atoms with van der Waals surface area (Å²) < 4.78 is 68.3. The van der Waals surface area contributed by atoms with Gasteiger partial charge in [0.05, 0.1) is 12.6 Å². The fraction of sp³-hybridized carbons (Fsp3) is 0.562. The molecule has 1 aliphatic heterocycles. The van der Waals surface area contributed by atoms with E-state index in [4.69, 9.17) is 4.74 Å². The number of aromatic nitrogens is 1. The summed E-state index contributed by atoms with van der Waals surface area (Å²) in [4.78, 5) is 27.9. The van der Waals surface area contributed by atoms with Crippen LogP contribution < -0.4 is 15.4 Å². The lowest BCUT2D eigenvalue weighted by atomic mass is 10.1. The molecule has 0 radical (unpaired) electrons. The van der Waals surface area contributed by atoms with E-state index in [1.165, 1.54) is 6.20 Å². The molecule has 148 valence electrons. The lowest BCUT2D eigenvalue weighted by Crippen LogP contribution is -2.43. The van der Waals surface area contributed by atoms with Crippen molar-refractivity contribution < 1.29 is 36.3 Å². The van der Waals surface area contributed by atoms with Crippen molar-refractivity contribution in [2.24, 2.45) is 0 Å². The fourth-order valence-corrected chi connectivity index (χ4v) is 2.72. The number of pyridine rings is 1. The third-order valence-corrected chi connectivity index (χ3v) is 4.20. The van der Waals surface area contributed by atoms with Crippen LogP contribution in [0.15, 0.2) is 12.3 Å². The number of nitrogens with one attached hydrogen (secondary N) is 2. The highest BCUT2D eigenvalue weighted by atomic mass is 19.4. The van der Waals surface area contributed by atoms with Crippen LogP contribution in [0.5, 0.6) is 5.75 Å². The molecule has 1 atom stereocenters. The largest absolute Gasteiger partial charge is 0.484 e. The average Bonchev–Trinajstić information content (AvgIpc) is 3.34. The highest BCUT2D eigenvalue weighted by molar-refractivity contribution is 6.05. The summed E-state index contributed by atoms with van der Waals surface area (Å²) in [6, 6.07) is -0.214. The quantitative estimate of drug-likeness (QED) is 0.592. The Morgan fingerprint density at radius 2 is 2.04 bits per heavy atom. The predicted molar refractivity (Wildman–Crippen MR) is 81.6 cm³/mol. The van der Waals surface area contributed by atoms with E-state index in [-0.39, 0.29) is 17.4 Å². The van der Waals surface area contributed by atoms with E-state index >= 15 is 0 Å². The molecular formula is C16H16F5N3O3. The number of hydrogen-bond acceptors (Lipinski definition) is 5. The van der Waals surface area contributed by atoms with E-state index < -0.39 is 49.5 Å². The number of carbonyl (C=O) groups is 2. The van der Waals surface area contributed by atoms with E-state index in [1.807, 2.05) is 5.32 Å². The van der Waals surface area contributed by atoms with Crippen molar-refractivity contribution in [3.05, 3.63) is 23.5 Å². The molecule has 2 aliphatic rings. The third-order valence-electron chi connectivity index (χ3n) is 4.20. The lowest BCUT2D eigenvalue weighted by Gasteiger charge is -2.14. The summed E-state index contributed by atoms with van der Waals surface area (Å²) in [5.74, 6) is -5.12. The first-order valence-corrected chi connectivity index (χ1v) is 8.20. The van der Waals surface area contributed by atoms with Crippen LogP contribution in [-0.2, 0) is 4.79 Å². The second kappa shape index (κ2) is 7.02. The van der Waals surface area contributed by atoms with Crippen LogP contribution in [0.1, 0.15) is 41.2 Å². The molecular weight excluding hydrogens is 377 g/mol. The molecule has 6 nitrogen and oxygen atoms in total. The molecule has 2 fully saturated rings. The van der Waals surface area contributed by atoms with Gasteiger partial charge < -0.3 is 4.74 Å².